The van der Waals surface area contributed by atoms with E-state index in [-0.39, 0.29) is 28.4 Å². The summed E-state index contributed by atoms with van der Waals surface area (Å²) >= 11 is 0. The number of carbonyl (C=O) groups is 1. The van der Waals surface area contributed by atoms with Crippen molar-refractivity contribution in [3.8, 4) is 0 Å². The highest BCUT2D eigenvalue weighted by Gasteiger charge is 2.71. The van der Waals surface area contributed by atoms with Crippen molar-refractivity contribution in [3.05, 3.63) is 0 Å². The summed E-state index contributed by atoms with van der Waals surface area (Å²) in [6, 6.07) is 0. The summed E-state index contributed by atoms with van der Waals surface area (Å²) in [7, 11) is -1.78. The molecule has 0 bridgehead atoms. The summed E-state index contributed by atoms with van der Waals surface area (Å²) < 4.78 is 12.1. The minimum Gasteiger partial charge on any atom is -0.459 e. The highest BCUT2D eigenvalue weighted by Crippen LogP contribution is 2.68. The molecule has 1 saturated heterocycles. The van der Waals surface area contributed by atoms with Crippen LogP contribution in [0.3, 0.4) is 0 Å². The molecule has 0 aromatic rings. The molecular weight excluding hydrogens is 280 g/mol. The first kappa shape index (κ1) is 15.5. The van der Waals surface area contributed by atoms with Crippen LogP contribution < -0.4 is 0 Å². The zero-order valence-corrected chi connectivity index (χ0v) is 15.4. The van der Waals surface area contributed by atoms with E-state index >= 15 is 0 Å². The second-order valence-electron chi connectivity index (χ2n) is 9.04. The molecule has 2 aliphatic carbocycles. The van der Waals surface area contributed by atoms with Crippen LogP contribution in [0.25, 0.3) is 0 Å². The maximum absolute atomic E-state index is 12.2. The molecule has 3 fully saturated rings. The molecule has 1 aliphatic heterocycles. The van der Waals surface area contributed by atoms with Gasteiger partial charge in [0.05, 0.1) is 12.5 Å². The Balaban J connectivity index is 1.71. The van der Waals surface area contributed by atoms with E-state index in [1.54, 1.807) is 0 Å². The lowest BCUT2D eigenvalue weighted by Crippen LogP contribution is -2.57. The van der Waals surface area contributed by atoms with Crippen molar-refractivity contribution >= 4 is 14.3 Å². The minimum atomic E-state index is -1.78. The predicted molar refractivity (Wildman–Crippen MR) is 85.5 cm³/mol. The van der Waals surface area contributed by atoms with Gasteiger partial charge in [0.15, 0.2) is 8.32 Å². The zero-order valence-electron chi connectivity index (χ0n) is 14.4. The minimum absolute atomic E-state index is 0.0246. The lowest BCUT2D eigenvalue weighted by molar-refractivity contribution is -0.148. The van der Waals surface area contributed by atoms with Crippen LogP contribution in [-0.2, 0) is 14.0 Å². The number of carbonyl (C=O) groups excluding carboxylic acids is 1. The monoisotopic (exact) mass is 310 g/mol. The van der Waals surface area contributed by atoms with E-state index in [4.69, 9.17) is 9.16 Å². The maximum atomic E-state index is 12.2. The average molecular weight is 311 g/mol. The molecule has 0 aromatic heterocycles. The van der Waals surface area contributed by atoms with E-state index in [0.717, 1.165) is 0 Å². The Labute approximate surface area is 129 Å². The highest BCUT2D eigenvalue weighted by molar-refractivity contribution is 6.74. The largest absolute Gasteiger partial charge is 0.459 e. The maximum Gasteiger partial charge on any atom is 0.310 e. The molecule has 1 unspecified atom stereocenters. The molecule has 120 valence electrons. The van der Waals surface area contributed by atoms with Crippen molar-refractivity contribution in [1.82, 2.24) is 0 Å². The summed E-state index contributed by atoms with van der Waals surface area (Å²) in [5.74, 6) is 1.48. The summed E-state index contributed by atoms with van der Waals surface area (Å²) in [4.78, 5) is 12.2. The van der Waals surface area contributed by atoms with Crippen LogP contribution in [0, 0.1) is 23.2 Å². The molecule has 0 radical (unpaired) electrons. The highest BCUT2D eigenvalue weighted by atomic mass is 28.4. The number of cyclic esters (lactones) is 1. The smallest absolute Gasteiger partial charge is 0.310 e. The Kier molecular flexibility index (Phi) is 3.38. The first-order valence-corrected chi connectivity index (χ1v) is 11.3. The van der Waals surface area contributed by atoms with Crippen LogP contribution >= 0.6 is 0 Å². The number of fused-ring (bicyclic) bond motifs is 4. The molecule has 1 heterocycles. The molecule has 0 N–H and O–H groups in total. The van der Waals surface area contributed by atoms with Gasteiger partial charge in [0.1, 0.15) is 6.10 Å². The number of hydrogen-bond donors (Lipinski definition) is 0. The van der Waals surface area contributed by atoms with E-state index in [9.17, 15) is 4.79 Å². The van der Waals surface area contributed by atoms with Crippen molar-refractivity contribution < 1.29 is 14.0 Å². The van der Waals surface area contributed by atoms with E-state index in [2.05, 4.69) is 40.8 Å². The first-order valence-electron chi connectivity index (χ1n) is 8.43. The van der Waals surface area contributed by atoms with Crippen LogP contribution in [0.4, 0.5) is 0 Å². The molecule has 2 saturated carbocycles. The topological polar surface area (TPSA) is 35.5 Å². The molecule has 21 heavy (non-hydrogen) atoms. The number of rotatable bonds is 3. The van der Waals surface area contributed by atoms with Crippen molar-refractivity contribution in [2.75, 3.05) is 6.61 Å². The third-order valence-electron chi connectivity index (χ3n) is 7.07. The summed E-state index contributed by atoms with van der Waals surface area (Å²) in [5, 5.41) is 0.200. The van der Waals surface area contributed by atoms with Crippen LogP contribution in [0.1, 0.15) is 47.0 Å². The van der Waals surface area contributed by atoms with Crippen molar-refractivity contribution in [3.63, 3.8) is 0 Å². The fraction of sp³-hybridized carbons (Fsp3) is 0.941. The van der Waals surface area contributed by atoms with Gasteiger partial charge in [0, 0.05) is 5.41 Å². The van der Waals surface area contributed by atoms with Gasteiger partial charge >= 0.3 is 5.97 Å². The van der Waals surface area contributed by atoms with Crippen LogP contribution in [0.2, 0.25) is 18.1 Å². The van der Waals surface area contributed by atoms with Crippen LogP contribution in [0.5, 0.6) is 0 Å². The Bertz CT molecular complexity index is 453. The SMILES string of the molecule is CC(C)(C)[Si](C)(C)OCC1OC(=O)[C@@H]2[C@H]3CCC[C@H]3[C@]12C. The van der Waals surface area contributed by atoms with E-state index < -0.39 is 8.32 Å². The van der Waals surface area contributed by atoms with Gasteiger partial charge in [0.2, 0.25) is 0 Å². The number of hydrogen-bond acceptors (Lipinski definition) is 3. The Hall–Kier alpha value is -0.353. The Morgan fingerprint density at radius 3 is 2.62 bits per heavy atom. The molecule has 3 aliphatic rings. The van der Waals surface area contributed by atoms with Crippen molar-refractivity contribution in [2.45, 2.75) is 71.2 Å². The van der Waals surface area contributed by atoms with Gasteiger partial charge in [-0.3, -0.25) is 4.79 Å². The van der Waals surface area contributed by atoms with E-state index in [0.29, 0.717) is 18.4 Å². The predicted octanol–water partition coefficient (Wildman–Crippen LogP) is 3.99. The second-order valence-corrected chi connectivity index (χ2v) is 13.9. The summed E-state index contributed by atoms with van der Waals surface area (Å²) in [6.45, 7) is 14.2. The molecule has 0 aromatic carbocycles. The quantitative estimate of drug-likeness (QED) is 0.584. The number of ether oxygens (including phenoxy) is 1. The molecule has 4 heteroatoms. The normalized spacial score (nSPS) is 42.3. The molecule has 0 amide bonds. The van der Waals surface area contributed by atoms with Gasteiger partial charge in [-0.2, -0.15) is 0 Å². The lowest BCUT2D eigenvalue weighted by atomic mass is 9.48. The van der Waals surface area contributed by atoms with E-state index in [1.807, 2.05) is 0 Å². The molecule has 3 rings (SSSR count). The zero-order chi connectivity index (χ0) is 15.6. The molecular formula is C17H30O3Si. The third kappa shape index (κ3) is 2.05. The molecule has 5 atom stereocenters. The fourth-order valence-corrected chi connectivity index (χ4v) is 5.66. The third-order valence-corrected chi connectivity index (χ3v) is 11.6. The average Bonchev–Trinajstić information content (AvgIpc) is 2.84. The Morgan fingerprint density at radius 1 is 1.33 bits per heavy atom. The van der Waals surface area contributed by atoms with Gasteiger partial charge in [-0.25, -0.2) is 0 Å². The first-order chi connectivity index (χ1) is 9.59. The summed E-state index contributed by atoms with van der Waals surface area (Å²) in [6.07, 6.45) is 3.74. The number of esters is 1. The lowest BCUT2D eigenvalue weighted by Gasteiger charge is -2.53. The fourth-order valence-electron chi connectivity index (χ4n) is 4.66. The van der Waals surface area contributed by atoms with E-state index in [1.165, 1.54) is 19.3 Å². The van der Waals surface area contributed by atoms with Gasteiger partial charge in [-0.05, 0) is 42.8 Å². The summed E-state index contributed by atoms with van der Waals surface area (Å²) in [5.41, 5.74) is 0.0423. The standard InChI is InChI=1S/C17H30O3Si/c1-16(2,3)21(5,6)19-10-13-17(4)12-9-7-8-11(12)14(17)15(18)20-13/h11-14H,7-10H2,1-6H3/t11-,12+,13?,14-,17+/m0/s1. The van der Waals surface area contributed by atoms with Gasteiger partial charge in [0.25, 0.3) is 0 Å². The van der Waals surface area contributed by atoms with Gasteiger partial charge < -0.3 is 9.16 Å². The Morgan fingerprint density at radius 2 is 2.00 bits per heavy atom. The van der Waals surface area contributed by atoms with Crippen molar-refractivity contribution in [1.29, 1.82) is 0 Å². The molecule has 0 spiro atoms. The van der Waals surface area contributed by atoms with Gasteiger partial charge in [-0.15, -0.1) is 0 Å². The van der Waals surface area contributed by atoms with Crippen LogP contribution in [0.15, 0.2) is 0 Å². The van der Waals surface area contributed by atoms with Crippen LogP contribution in [-0.4, -0.2) is 27.0 Å². The van der Waals surface area contributed by atoms with Gasteiger partial charge in [-0.1, -0.05) is 34.1 Å². The second kappa shape index (κ2) is 4.57. The molecule has 3 nitrogen and oxygen atoms in total. The van der Waals surface area contributed by atoms with Crippen molar-refractivity contribution in [2.24, 2.45) is 23.2 Å².